The lowest BCUT2D eigenvalue weighted by atomic mass is 10.1. The second-order valence-corrected chi connectivity index (χ2v) is 6.95. The third-order valence-corrected chi connectivity index (χ3v) is 4.84. The minimum atomic E-state index is -0.244. The van der Waals surface area contributed by atoms with Crippen LogP contribution in [-0.4, -0.2) is 23.8 Å². The van der Waals surface area contributed by atoms with Crippen molar-refractivity contribution in [3.63, 3.8) is 0 Å². The van der Waals surface area contributed by atoms with E-state index in [0.29, 0.717) is 16.3 Å². The smallest absolute Gasteiger partial charge is 0.271 e. The number of ether oxygens (including phenoxy) is 1. The van der Waals surface area contributed by atoms with Gasteiger partial charge in [-0.05, 0) is 57.2 Å². The quantitative estimate of drug-likeness (QED) is 0.497. The number of carbonyl (C=O) groups is 1. The van der Waals surface area contributed by atoms with Gasteiger partial charge in [-0.25, -0.2) is 5.43 Å². The topological polar surface area (TPSA) is 55.6 Å². The Morgan fingerprint density at radius 2 is 1.82 bits per heavy atom. The Morgan fingerprint density at radius 1 is 1.11 bits per heavy atom. The molecule has 3 rings (SSSR count). The van der Waals surface area contributed by atoms with E-state index in [2.05, 4.69) is 15.1 Å². The lowest BCUT2D eigenvalue weighted by Gasteiger charge is -2.11. The number of hydrogen-bond donors (Lipinski definition) is 1. The van der Waals surface area contributed by atoms with E-state index in [0.717, 1.165) is 28.2 Å². The molecule has 5 nitrogen and oxygen atoms in total. The van der Waals surface area contributed by atoms with E-state index < -0.39 is 0 Å². The molecule has 0 aliphatic heterocycles. The standard InChI is InChI=1S/C22H22ClN3O2/c1-14-5-7-17(8-6-14)22(27)25-24-13-18-11-15(2)26(16(18)3)19-9-10-21(28-4)20(23)12-19/h5-13H,1-4H3,(H,25,27)/b24-13-. The number of nitrogens with zero attached hydrogens (tertiary/aromatic N) is 2. The predicted molar refractivity (Wildman–Crippen MR) is 113 cm³/mol. The fourth-order valence-corrected chi connectivity index (χ4v) is 3.29. The van der Waals surface area contributed by atoms with Gasteiger partial charge in [0.05, 0.1) is 18.3 Å². The molecule has 1 amide bonds. The zero-order valence-electron chi connectivity index (χ0n) is 16.3. The summed E-state index contributed by atoms with van der Waals surface area (Å²) < 4.78 is 7.30. The number of amides is 1. The van der Waals surface area contributed by atoms with Crippen molar-refractivity contribution in [3.8, 4) is 11.4 Å². The normalized spacial score (nSPS) is 11.0. The zero-order chi connectivity index (χ0) is 20.3. The first-order valence-corrected chi connectivity index (χ1v) is 9.21. The van der Waals surface area contributed by atoms with Gasteiger partial charge in [-0.1, -0.05) is 29.3 Å². The fourth-order valence-electron chi connectivity index (χ4n) is 3.04. The van der Waals surface area contributed by atoms with Gasteiger partial charge >= 0.3 is 0 Å². The lowest BCUT2D eigenvalue weighted by molar-refractivity contribution is 0.0955. The first kappa shape index (κ1) is 19.7. The van der Waals surface area contributed by atoms with Crippen LogP contribution in [0.5, 0.6) is 5.75 Å². The molecule has 144 valence electrons. The Hall–Kier alpha value is -3.05. The molecule has 0 radical (unpaired) electrons. The number of rotatable bonds is 5. The van der Waals surface area contributed by atoms with Crippen LogP contribution in [0.25, 0.3) is 5.69 Å². The molecule has 0 fully saturated rings. The average Bonchev–Trinajstić information content (AvgIpc) is 2.95. The van der Waals surface area contributed by atoms with Crippen LogP contribution >= 0.6 is 11.6 Å². The van der Waals surface area contributed by atoms with Crippen molar-refractivity contribution in [2.24, 2.45) is 5.10 Å². The third-order valence-electron chi connectivity index (χ3n) is 4.55. The average molecular weight is 396 g/mol. The first-order chi connectivity index (χ1) is 13.4. The molecule has 0 aliphatic carbocycles. The number of nitrogens with one attached hydrogen (secondary N) is 1. The molecule has 1 heterocycles. The van der Waals surface area contributed by atoms with E-state index in [-0.39, 0.29) is 5.91 Å². The fraction of sp³-hybridized carbons (Fsp3) is 0.182. The summed E-state index contributed by atoms with van der Waals surface area (Å²) in [7, 11) is 1.59. The van der Waals surface area contributed by atoms with Crippen molar-refractivity contribution in [1.82, 2.24) is 9.99 Å². The van der Waals surface area contributed by atoms with E-state index in [1.165, 1.54) is 0 Å². The second-order valence-electron chi connectivity index (χ2n) is 6.55. The monoisotopic (exact) mass is 395 g/mol. The molecule has 1 N–H and O–H groups in total. The molecule has 1 aromatic heterocycles. The van der Waals surface area contributed by atoms with Crippen molar-refractivity contribution < 1.29 is 9.53 Å². The Balaban J connectivity index is 1.80. The minimum absolute atomic E-state index is 0.244. The highest BCUT2D eigenvalue weighted by Crippen LogP contribution is 2.28. The number of aryl methyl sites for hydroxylation is 2. The van der Waals surface area contributed by atoms with Crippen LogP contribution in [0.3, 0.4) is 0 Å². The molecule has 0 saturated carbocycles. The molecular formula is C22H22ClN3O2. The number of benzene rings is 2. The van der Waals surface area contributed by atoms with Crippen molar-refractivity contribution in [2.45, 2.75) is 20.8 Å². The van der Waals surface area contributed by atoms with Crippen LogP contribution in [0, 0.1) is 20.8 Å². The van der Waals surface area contributed by atoms with Gasteiger partial charge in [-0.2, -0.15) is 5.10 Å². The van der Waals surface area contributed by atoms with Crippen LogP contribution in [0.2, 0.25) is 5.02 Å². The summed E-state index contributed by atoms with van der Waals surface area (Å²) in [6.07, 6.45) is 1.65. The number of aromatic nitrogens is 1. The summed E-state index contributed by atoms with van der Waals surface area (Å²) in [5, 5.41) is 4.66. The van der Waals surface area contributed by atoms with Gasteiger partial charge in [-0.15, -0.1) is 0 Å². The van der Waals surface area contributed by atoms with Gasteiger partial charge < -0.3 is 9.30 Å². The third kappa shape index (κ3) is 4.10. The highest BCUT2D eigenvalue weighted by molar-refractivity contribution is 6.32. The van der Waals surface area contributed by atoms with Gasteiger partial charge in [0, 0.05) is 28.2 Å². The molecular weight excluding hydrogens is 374 g/mol. The lowest BCUT2D eigenvalue weighted by Crippen LogP contribution is -2.17. The Kier molecular flexibility index (Phi) is 5.85. The van der Waals surface area contributed by atoms with Crippen LogP contribution < -0.4 is 10.2 Å². The van der Waals surface area contributed by atoms with E-state index in [4.69, 9.17) is 16.3 Å². The molecule has 0 unspecified atom stereocenters. The highest BCUT2D eigenvalue weighted by Gasteiger charge is 2.11. The van der Waals surface area contributed by atoms with Crippen LogP contribution in [0.15, 0.2) is 53.6 Å². The summed E-state index contributed by atoms with van der Waals surface area (Å²) in [6.45, 7) is 5.98. The Bertz CT molecular complexity index is 1040. The van der Waals surface area contributed by atoms with Crippen LogP contribution in [0.1, 0.15) is 32.9 Å². The summed E-state index contributed by atoms with van der Waals surface area (Å²) in [6, 6.07) is 15.0. The Morgan fingerprint density at radius 3 is 2.46 bits per heavy atom. The van der Waals surface area contributed by atoms with Crippen molar-refractivity contribution in [1.29, 1.82) is 0 Å². The molecule has 0 aliphatic rings. The number of hydrogen-bond acceptors (Lipinski definition) is 3. The van der Waals surface area contributed by atoms with Gasteiger partial charge in [0.15, 0.2) is 0 Å². The summed E-state index contributed by atoms with van der Waals surface area (Å²) >= 11 is 6.27. The van der Waals surface area contributed by atoms with Crippen molar-refractivity contribution in [2.75, 3.05) is 7.11 Å². The molecule has 0 saturated heterocycles. The molecule has 6 heteroatoms. The maximum absolute atomic E-state index is 12.2. The van der Waals surface area contributed by atoms with Crippen molar-refractivity contribution in [3.05, 3.63) is 81.6 Å². The first-order valence-electron chi connectivity index (χ1n) is 8.83. The number of methoxy groups -OCH3 is 1. The molecule has 28 heavy (non-hydrogen) atoms. The zero-order valence-corrected chi connectivity index (χ0v) is 17.0. The maximum atomic E-state index is 12.2. The molecule has 0 atom stereocenters. The molecule has 3 aromatic rings. The van der Waals surface area contributed by atoms with Crippen LogP contribution in [-0.2, 0) is 0 Å². The molecule has 0 spiro atoms. The molecule has 2 aromatic carbocycles. The van der Waals surface area contributed by atoms with E-state index >= 15 is 0 Å². The molecule has 0 bridgehead atoms. The van der Waals surface area contributed by atoms with Gasteiger partial charge in [-0.3, -0.25) is 4.79 Å². The minimum Gasteiger partial charge on any atom is -0.495 e. The summed E-state index contributed by atoms with van der Waals surface area (Å²) in [5.41, 5.74) is 8.11. The largest absolute Gasteiger partial charge is 0.495 e. The second kappa shape index (κ2) is 8.31. The van der Waals surface area contributed by atoms with Gasteiger partial charge in [0.2, 0.25) is 0 Å². The number of halogens is 1. The SMILES string of the molecule is COc1ccc(-n2c(C)cc(/C=N\NC(=O)c3ccc(C)cc3)c2C)cc1Cl. The predicted octanol–water partition coefficient (Wildman–Crippen LogP) is 4.83. The highest BCUT2D eigenvalue weighted by atomic mass is 35.5. The van der Waals surface area contributed by atoms with E-state index in [1.54, 1.807) is 25.5 Å². The van der Waals surface area contributed by atoms with Crippen LogP contribution in [0.4, 0.5) is 0 Å². The van der Waals surface area contributed by atoms with Gasteiger partial charge in [0.1, 0.15) is 5.75 Å². The van der Waals surface area contributed by atoms with Crippen molar-refractivity contribution >= 4 is 23.7 Å². The Labute approximate surface area is 169 Å². The van der Waals surface area contributed by atoms with E-state index in [9.17, 15) is 4.79 Å². The summed E-state index contributed by atoms with van der Waals surface area (Å²) in [4.78, 5) is 12.2. The number of hydrazone groups is 1. The van der Waals surface area contributed by atoms with Gasteiger partial charge in [0.25, 0.3) is 5.91 Å². The summed E-state index contributed by atoms with van der Waals surface area (Å²) in [5.74, 6) is 0.389. The van der Waals surface area contributed by atoms with E-state index in [1.807, 2.05) is 57.2 Å². The number of carbonyl (C=O) groups excluding carboxylic acids is 1. The maximum Gasteiger partial charge on any atom is 0.271 e.